The van der Waals surface area contributed by atoms with E-state index in [0.29, 0.717) is 13.1 Å². The van der Waals surface area contributed by atoms with Gasteiger partial charge < -0.3 is 10.2 Å². The van der Waals surface area contributed by atoms with Crippen molar-refractivity contribution in [2.24, 2.45) is 5.92 Å². The number of carbonyl (C=O) groups excluding carboxylic acids is 1. The number of hydrogen-bond acceptors (Lipinski definition) is 4. The van der Waals surface area contributed by atoms with Crippen LogP contribution in [-0.2, 0) is 17.8 Å². The minimum Gasteiger partial charge on any atom is -0.354 e. The molecular weight excluding hydrogens is 400 g/mol. The highest BCUT2D eigenvalue weighted by molar-refractivity contribution is 5.79. The molecule has 1 aromatic heterocycles. The van der Waals surface area contributed by atoms with Crippen molar-refractivity contribution in [2.45, 2.75) is 39.7 Å². The fourth-order valence-corrected chi connectivity index (χ4v) is 4.16. The van der Waals surface area contributed by atoms with Gasteiger partial charge in [-0.2, -0.15) is 4.68 Å². The summed E-state index contributed by atoms with van der Waals surface area (Å²) in [4.78, 5) is 27.4. The van der Waals surface area contributed by atoms with Crippen molar-refractivity contribution < 1.29 is 4.79 Å². The number of piperidine rings is 1. The van der Waals surface area contributed by atoms with Crippen molar-refractivity contribution in [2.75, 3.05) is 18.0 Å². The Morgan fingerprint density at radius 2 is 1.88 bits per heavy atom. The van der Waals surface area contributed by atoms with Crippen LogP contribution in [0.2, 0.25) is 0 Å². The average Bonchev–Trinajstić information content (AvgIpc) is 2.84. The molecule has 1 aliphatic heterocycles. The molecule has 1 unspecified atom stereocenters. The smallest absolute Gasteiger partial charge is 0.271 e. The largest absolute Gasteiger partial charge is 0.354 e. The molecule has 6 nitrogen and oxygen atoms in total. The van der Waals surface area contributed by atoms with Crippen LogP contribution in [0, 0.1) is 12.8 Å². The first-order chi connectivity index (χ1) is 15.5. The Balaban J connectivity index is 1.46. The zero-order valence-corrected chi connectivity index (χ0v) is 18.8. The molecule has 0 aliphatic carbocycles. The fraction of sp³-hybridized carbons (Fsp3) is 0.346. The second kappa shape index (κ2) is 9.81. The lowest BCUT2D eigenvalue weighted by Crippen LogP contribution is -2.43. The van der Waals surface area contributed by atoms with E-state index in [2.05, 4.69) is 35.2 Å². The molecule has 6 heteroatoms. The van der Waals surface area contributed by atoms with Gasteiger partial charge in [-0.25, -0.2) is 0 Å². The Bertz CT molecular complexity index is 1140. The van der Waals surface area contributed by atoms with E-state index >= 15 is 0 Å². The highest BCUT2D eigenvalue weighted by Gasteiger charge is 2.27. The van der Waals surface area contributed by atoms with Crippen LogP contribution in [0.5, 0.6) is 0 Å². The van der Waals surface area contributed by atoms with E-state index in [1.807, 2.05) is 42.5 Å². The molecule has 0 radical (unpaired) electrons. The van der Waals surface area contributed by atoms with Gasteiger partial charge in [-0.3, -0.25) is 9.59 Å². The Morgan fingerprint density at radius 1 is 1.09 bits per heavy atom. The quantitative estimate of drug-likeness (QED) is 0.648. The SMILES string of the molecule is CCc1ccc(-n2nc(N3CCCC(C(=O)NCc4ccccc4C)C3)ccc2=O)cc1. The monoisotopic (exact) mass is 430 g/mol. The van der Waals surface area contributed by atoms with Gasteiger partial charge in [0.15, 0.2) is 0 Å². The maximum Gasteiger partial charge on any atom is 0.271 e. The third kappa shape index (κ3) is 4.90. The normalized spacial score (nSPS) is 16.1. The van der Waals surface area contributed by atoms with Gasteiger partial charge in [0.25, 0.3) is 5.56 Å². The number of nitrogens with zero attached hydrogens (tertiary/aromatic N) is 3. The predicted octanol–water partition coefficient (Wildman–Crippen LogP) is 3.64. The first-order valence-electron chi connectivity index (χ1n) is 11.3. The molecule has 32 heavy (non-hydrogen) atoms. The third-order valence-corrected chi connectivity index (χ3v) is 6.21. The van der Waals surface area contributed by atoms with Crippen molar-refractivity contribution in [1.82, 2.24) is 15.1 Å². The number of carbonyl (C=O) groups is 1. The molecule has 2 aromatic carbocycles. The summed E-state index contributed by atoms with van der Waals surface area (Å²) in [5.41, 5.74) is 4.11. The summed E-state index contributed by atoms with van der Waals surface area (Å²) >= 11 is 0. The van der Waals surface area contributed by atoms with E-state index in [4.69, 9.17) is 0 Å². The van der Waals surface area contributed by atoms with Crippen LogP contribution >= 0.6 is 0 Å². The van der Waals surface area contributed by atoms with Crippen molar-refractivity contribution in [3.8, 4) is 5.69 Å². The fourth-order valence-electron chi connectivity index (χ4n) is 4.16. The zero-order chi connectivity index (χ0) is 22.5. The second-order valence-corrected chi connectivity index (χ2v) is 8.39. The molecule has 0 bridgehead atoms. The van der Waals surface area contributed by atoms with Crippen LogP contribution in [0.4, 0.5) is 5.82 Å². The molecule has 0 spiro atoms. The minimum atomic E-state index is -0.164. The summed E-state index contributed by atoms with van der Waals surface area (Å²) in [5, 5.41) is 7.72. The van der Waals surface area contributed by atoms with Crippen LogP contribution in [-0.4, -0.2) is 28.8 Å². The molecule has 1 amide bonds. The summed E-state index contributed by atoms with van der Waals surface area (Å²) in [7, 11) is 0. The molecule has 2 heterocycles. The Hall–Kier alpha value is -3.41. The van der Waals surface area contributed by atoms with Crippen molar-refractivity contribution in [3.05, 3.63) is 87.7 Å². The van der Waals surface area contributed by atoms with Crippen molar-refractivity contribution in [1.29, 1.82) is 0 Å². The van der Waals surface area contributed by atoms with Gasteiger partial charge in [-0.05, 0) is 61.1 Å². The molecular formula is C26H30N4O2. The second-order valence-electron chi connectivity index (χ2n) is 8.39. The van der Waals surface area contributed by atoms with Gasteiger partial charge in [0.1, 0.15) is 5.82 Å². The van der Waals surface area contributed by atoms with Crippen molar-refractivity contribution >= 4 is 11.7 Å². The first kappa shape index (κ1) is 21.8. The summed E-state index contributed by atoms with van der Waals surface area (Å²) in [6.45, 7) is 6.12. The molecule has 3 aromatic rings. The van der Waals surface area contributed by atoms with Crippen LogP contribution in [0.3, 0.4) is 0 Å². The van der Waals surface area contributed by atoms with Gasteiger partial charge in [-0.15, -0.1) is 5.10 Å². The molecule has 1 aliphatic rings. The zero-order valence-electron chi connectivity index (χ0n) is 18.8. The number of hydrogen-bond donors (Lipinski definition) is 1. The lowest BCUT2D eigenvalue weighted by atomic mass is 9.97. The highest BCUT2D eigenvalue weighted by Crippen LogP contribution is 2.22. The molecule has 166 valence electrons. The molecule has 1 fully saturated rings. The van der Waals surface area contributed by atoms with Gasteiger partial charge in [0.05, 0.1) is 11.6 Å². The first-order valence-corrected chi connectivity index (χ1v) is 11.3. The summed E-state index contributed by atoms with van der Waals surface area (Å²) in [6.07, 6.45) is 2.71. The molecule has 1 atom stereocenters. The van der Waals surface area contributed by atoms with E-state index < -0.39 is 0 Å². The molecule has 1 N–H and O–H groups in total. The topological polar surface area (TPSA) is 67.2 Å². The minimum absolute atomic E-state index is 0.0708. The number of nitrogens with one attached hydrogen (secondary N) is 1. The Morgan fingerprint density at radius 3 is 2.62 bits per heavy atom. The van der Waals surface area contributed by atoms with Gasteiger partial charge in [-0.1, -0.05) is 43.3 Å². The van der Waals surface area contributed by atoms with Gasteiger partial charge in [0, 0.05) is 25.7 Å². The van der Waals surface area contributed by atoms with E-state index in [1.54, 1.807) is 12.1 Å². The average molecular weight is 431 g/mol. The number of aryl methyl sites for hydroxylation is 2. The summed E-state index contributed by atoms with van der Waals surface area (Å²) < 4.78 is 1.44. The maximum absolute atomic E-state index is 12.8. The molecule has 0 saturated carbocycles. The summed E-state index contributed by atoms with van der Waals surface area (Å²) in [6, 6.07) is 19.3. The Kier molecular flexibility index (Phi) is 6.69. The predicted molar refractivity (Wildman–Crippen MR) is 127 cm³/mol. The van der Waals surface area contributed by atoms with E-state index in [9.17, 15) is 9.59 Å². The maximum atomic E-state index is 12.8. The van der Waals surface area contributed by atoms with E-state index in [1.165, 1.54) is 15.8 Å². The number of benzene rings is 2. The van der Waals surface area contributed by atoms with E-state index in [-0.39, 0.29) is 17.4 Å². The number of anilines is 1. The number of amides is 1. The molecule has 1 saturated heterocycles. The van der Waals surface area contributed by atoms with Crippen LogP contribution in [0.1, 0.15) is 36.5 Å². The Labute approximate surface area is 188 Å². The lowest BCUT2D eigenvalue weighted by Gasteiger charge is -2.33. The van der Waals surface area contributed by atoms with Crippen LogP contribution in [0.15, 0.2) is 65.5 Å². The lowest BCUT2D eigenvalue weighted by molar-refractivity contribution is -0.125. The van der Waals surface area contributed by atoms with Gasteiger partial charge in [0.2, 0.25) is 5.91 Å². The van der Waals surface area contributed by atoms with Crippen LogP contribution < -0.4 is 15.8 Å². The van der Waals surface area contributed by atoms with Crippen molar-refractivity contribution in [3.63, 3.8) is 0 Å². The van der Waals surface area contributed by atoms with Crippen LogP contribution in [0.25, 0.3) is 5.69 Å². The number of rotatable bonds is 6. The van der Waals surface area contributed by atoms with E-state index in [0.717, 1.165) is 42.9 Å². The molecule has 4 rings (SSSR count). The standard InChI is InChI=1S/C26H30N4O2/c1-3-20-10-12-23(13-11-20)30-25(31)15-14-24(28-30)29-16-6-9-22(18-29)26(32)27-17-21-8-5-4-7-19(21)2/h4-5,7-8,10-15,22H,3,6,9,16-18H2,1-2H3,(H,27,32). The number of aromatic nitrogens is 2. The highest BCUT2D eigenvalue weighted by atomic mass is 16.2. The summed E-state index contributed by atoms with van der Waals surface area (Å²) in [5.74, 6) is 0.695. The third-order valence-electron chi connectivity index (χ3n) is 6.21. The van der Waals surface area contributed by atoms with Gasteiger partial charge >= 0.3 is 0 Å².